The molecular formula is C25H34FN3O3S. The van der Waals surface area contributed by atoms with Gasteiger partial charge in [-0.2, -0.15) is 0 Å². The van der Waals surface area contributed by atoms with Gasteiger partial charge < -0.3 is 4.90 Å². The molecule has 0 bridgehead atoms. The van der Waals surface area contributed by atoms with Crippen molar-refractivity contribution < 1.29 is 17.6 Å². The molecule has 6 nitrogen and oxygen atoms in total. The number of Topliss-reactive ketones (excluding diaryl/α,β-unsaturated/α-hetero) is 1. The number of halogens is 1. The Morgan fingerprint density at radius 1 is 1.21 bits per heavy atom. The zero-order valence-corrected chi connectivity index (χ0v) is 20.9. The maximum absolute atomic E-state index is 14.4. The van der Waals surface area contributed by atoms with Crippen LogP contribution in [0.1, 0.15) is 62.8 Å². The highest BCUT2D eigenvalue weighted by molar-refractivity contribution is 7.92. The monoisotopic (exact) mass is 475 g/mol. The minimum atomic E-state index is -3.58. The Kier molecular flexibility index (Phi) is 7.46. The van der Waals surface area contributed by atoms with Gasteiger partial charge >= 0.3 is 0 Å². The second kappa shape index (κ2) is 9.79. The third kappa shape index (κ3) is 6.76. The highest BCUT2D eigenvalue weighted by Crippen LogP contribution is 2.33. The second-order valence-corrected chi connectivity index (χ2v) is 11.6. The van der Waals surface area contributed by atoms with Crippen molar-refractivity contribution >= 4 is 27.3 Å². The SMILES string of the molecule is Cc1ccc(CCC(=O)C(C)c2ccc(NS(C)(=O)=O)c(F)c2)c(N2CCC(C)(C)CC2)n1. The van der Waals surface area contributed by atoms with E-state index in [9.17, 15) is 17.6 Å². The highest BCUT2D eigenvalue weighted by Gasteiger charge is 2.27. The number of aromatic nitrogens is 1. The van der Waals surface area contributed by atoms with Gasteiger partial charge in [-0.15, -0.1) is 0 Å². The first-order valence-corrected chi connectivity index (χ1v) is 13.3. The smallest absolute Gasteiger partial charge is 0.229 e. The summed E-state index contributed by atoms with van der Waals surface area (Å²) in [5, 5.41) is 0. The molecule has 1 aromatic carbocycles. The molecule has 1 atom stereocenters. The first-order chi connectivity index (χ1) is 15.3. The number of piperidine rings is 1. The van der Waals surface area contributed by atoms with Gasteiger partial charge in [0.2, 0.25) is 10.0 Å². The molecule has 1 N–H and O–H groups in total. The van der Waals surface area contributed by atoms with Gasteiger partial charge in [-0.3, -0.25) is 9.52 Å². The third-order valence-electron chi connectivity index (χ3n) is 6.42. The number of benzene rings is 1. The summed E-state index contributed by atoms with van der Waals surface area (Å²) in [4.78, 5) is 20.0. The normalized spacial score (nSPS) is 17.0. The fraction of sp³-hybridized carbons (Fsp3) is 0.520. The van der Waals surface area contributed by atoms with Crippen molar-refractivity contribution in [2.75, 3.05) is 29.0 Å². The molecule has 33 heavy (non-hydrogen) atoms. The van der Waals surface area contributed by atoms with Crippen LogP contribution in [0.4, 0.5) is 15.9 Å². The van der Waals surface area contributed by atoms with Crippen molar-refractivity contribution in [3.05, 3.63) is 53.0 Å². The summed E-state index contributed by atoms with van der Waals surface area (Å²) in [5.41, 5.74) is 2.75. The summed E-state index contributed by atoms with van der Waals surface area (Å²) < 4.78 is 39.2. The zero-order valence-electron chi connectivity index (χ0n) is 20.1. The fourth-order valence-corrected chi connectivity index (χ4v) is 4.67. The number of hydrogen-bond donors (Lipinski definition) is 1. The van der Waals surface area contributed by atoms with Gasteiger partial charge in [0.1, 0.15) is 17.4 Å². The molecule has 3 rings (SSSR count). The number of nitrogens with zero attached hydrogens (tertiary/aromatic N) is 2. The predicted molar refractivity (Wildman–Crippen MR) is 131 cm³/mol. The number of sulfonamides is 1. The van der Waals surface area contributed by atoms with Crippen LogP contribution in [-0.2, 0) is 21.2 Å². The Bertz CT molecular complexity index is 1120. The molecule has 180 valence electrons. The predicted octanol–water partition coefficient (Wildman–Crippen LogP) is 4.83. The maximum Gasteiger partial charge on any atom is 0.229 e. The molecule has 1 aliphatic heterocycles. The molecule has 0 amide bonds. The number of rotatable bonds is 8. The van der Waals surface area contributed by atoms with Gasteiger partial charge in [0.25, 0.3) is 0 Å². The van der Waals surface area contributed by atoms with Crippen molar-refractivity contribution in [2.45, 2.75) is 59.3 Å². The molecule has 0 spiro atoms. The highest BCUT2D eigenvalue weighted by atomic mass is 32.2. The summed E-state index contributed by atoms with van der Waals surface area (Å²) in [5.74, 6) is -0.224. The number of hydrogen-bond acceptors (Lipinski definition) is 5. The minimum Gasteiger partial charge on any atom is -0.356 e. The Hall–Kier alpha value is -2.48. The van der Waals surface area contributed by atoms with E-state index in [1.807, 2.05) is 13.0 Å². The van der Waals surface area contributed by atoms with Crippen LogP contribution in [0.5, 0.6) is 0 Å². The minimum absolute atomic E-state index is 0.00419. The lowest BCUT2D eigenvalue weighted by molar-refractivity contribution is -0.120. The number of anilines is 2. The molecule has 1 aliphatic rings. The Labute approximate surface area is 196 Å². The van der Waals surface area contributed by atoms with Crippen molar-refractivity contribution in [1.29, 1.82) is 0 Å². The van der Waals surface area contributed by atoms with E-state index in [2.05, 4.69) is 29.5 Å². The summed E-state index contributed by atoms with van der Waals surface area (Å²) in [6, 6.07) is 8.21. The van der Waals surface area contributed by atoms with E-state index in [1.54, 1.807) is 13.0 Å². The van der Waals surface area contributed by atoms with Gasteiger partial charge in [-0.1, -0.05) is 32.9 Å². The molecular weight excluding hydrogens is 441 g/mol. The van der Waals surface area contributed by atoms with Crippen LogP contribution in [0.3, 0.4) is 0 Å². The number of carbonyl (C=O) groups is 1. The average Bonchev–Trinajstić information content (AvgIpc) is 2.72. The van der Waals surface area contributed by atoms with E-state index >= 15 is 0 Å². The van der Waals surface area contributed by atoms with E-state index in [4.69, 9.17) is 4.98 Å². The Morgan fingerprint density at radius 2 is 1.88 bits per heavy atom. The summed E-state index contributed by atoms with van der Waals surface area (Å²) >= 11 is 0. The summed E-state index contributed by atoms with van der Waals surface area (Å²) in [7, 11) is -3.58. The number of carbonyl (C=O) groups excluding carboxylic acids is 1. The largest absolute Gasteiger partial charge is 0.356 e. The number of nitrogens with one attached hydrogen (secondary N) is 1. The van der Waals surface area contributed by atoms with E-state index in [0.29, 0.717) is 23.8 Å². The van der Waals surface area contributed by atoms with Gasteiger partial charge in [0, 0.05) is 31.1 Å². The van der Waals surface area contributed by atoms with Crippen molar-refractivity contribution in [1.82, 2.24) is 4.98 Å². The van der Waals surface area contributed by atoms with E-state index in [0.717, 1.165) is 49.3 Å². The van der Waals surface area contributed by atoms with Crippen LogP contribution in [0.15, 0.2) is 30.3 Å². The molecule has 0 saturated carbocycles. The topological polar surface area (TPSA) is 79.4 Å². The standard InChI is InChI=1S/C25H34FN3O3S/c1-17-6-7-19(24(27-17)29-14-12-25(3,4)13-15-29)9-11-23(30)18(2)20-8-10-22(21(26)16-20)28-33(5,31)32/h6-8,10,16,18,28H,9,11-15H2,1-5H3. The summed E-state index contributed by atoms with van der Waals surface area (Å²) in [6.07, 6.45) is 4.07. The molecule has 1 fully saturated rings. The van der Waals surface area contributed by atoms with E-state index in [-0.39, 0.29) is 11.5 Å². The van der Waals surface area contributed by atoms with Crippen LogP contribution in [0.2, 0.25) is 0 Å². The zero-order chi connectivity index (χ0) is 24.4. The van der Waals surface area contributed by atoms with Crippen LogP contribution in [-0.4, -0.2) is 38.5 Å². The molecule has 2 heterocycles. The molecule has 2 aromatic rings. The van der Waals surface area contributed by atoms with Crippen LogP contribution in [0.25, 0.3) is 0 Å². The van der Waals surface area contributed by atoms with Gasteiger partial charge in [-0.25, -0.2) is 17.8 Å². The van der Waals surface area contributed by atoms with Crippen LogP contribution >= 0.6 is 0 Å². The third-order valence-corrected chi connectivity index (χ3v) is 7.01. The van der Waals surface area contributed by atoms with Gasteiger partial charge in [0.15, 0.2) is 0 Å². The Morgan fingerprint density at radius 3 is 2.48 bits per heavy atom. The molecule has 0 radical (unpaired) electrons. The second-order valence-electron chi connectivity index (χ2n) is 9.89. The van der Waals surface area contributed by atoms with Crippen molar-refractivity contribution in [2.24, 2.45) is 5.41 Å². The first-order valence-electron chi connectivity index (χ1n) is 11.4. The van der Waals surface area contributed by atoms with E-state index < -0.39 is 21.8 Å². The van der Waals surface area contributed by atoms with Gasteiger partial charge in [-0.05, 0) is 60.9 Å². The van der Waals surface area contributed by atoms with E-state index in [1.165, 1.54) is 12.1 Å². The van der Waals surface area contributed by atoms with Crippen molar-refractivity contribution in [3.63, 3.8) is 0 Å². The fourth-order valence-electron chi connectivity index (χ4n) is 4.11. The Balaban J connectivity index is 1.69. The first kappa shape index (κ1) is 25.1. The lowest BCUT2D eigenvalue weighted by Gasteiger charge is -2.38. The molecule has 8 heteroatoms. The van der Waals surface area contributed by atoms with Crippen molar-refractivity contribution in [3.8, 4) is 0 Å². The molecule has 1 unspecified atom stereocenters. The summed E-state index contributed by atoms with van der Waals surface area (Å²) in [6.45, 7) is 10.2. The average molecular weight is 476 g/mol. The lowest BCUT2D eigenvalue weighted by atomic mass is 9.82. The number of aryl methyl sites for hydroxylation is 2. The van der Waals surface area contributed by atoms with Crippen LogP contribution < -0.4 is 9.62 Å². The lowest BCUT2D eigenvalue weighted by Crippen LogP contribution is -2.38. The maximum atomic E-state index is 14.4. The van der Waals surface area contributed by atoms with Gasteiger partial charge in [0.05, 0.1) is 11.9 Å². The molecule has 1 saturated heterocycles. The quantitative estimate of drug-likeness (QED) is 0.591. The molecule has 0 aliphatic carbocycles. The van der Waals surface area contributed by atoms with Crippen LogP contribution in [0, 0.1) is 18.2 Å². The number of ketones is 1. The number of pyridine rings is 1. The molecule has 1 aromatic heterocycles.